The monoisotopic (exact) mass is 509 g/mol. The van der Waals surface area contributed by atoms with Crippen molar-refractivity contribution >= 4 is 36.3 Å². The molecule has 3 rings (SSSR count). The molecule has 196 valence electrons. The highest BCUT2D eigenvalue weighted by atomic mass is 16.5. The van der Waals surface area contributed by atoms with Crippen LogP contribution >= 0.6 is 0 Å². The number of Topliss-reactive ketones (excluding diaryl/α,β-unsaturated/α-hetero) is 1. The van der Waals surface area contributed by atoms with Gasteiger partial charge in [-0.05, 0) is 55.0 Å². The molecule has 0 aliphatic heterocycles. The number of hydrogen-bond acceptors (Lipinski definition) is 8. The molecule has 0 fully saturated rings. The van der Waals surface area contributed by atoms with Crippen molar-refractivity contribution in [1.29, 1.82) is 0 Å². The third kappa shape index (κ3) is 15.7. The van der Waals surface area contributed by atoms with Gasteiger partial charge in [0.2, 0.25) is 0 Å². The predicted molar refractivity (Wildman–Crippen MR) is 140 cm³/mol. The second kappa shape index (κ2) is 19.5. The number of methoxy groups -OCH3 is 2. The molecule has 0 aliphatic rings. The van der Waals surface area contributed by atoms with Gasteiger partial charge in [-0.2, -0.15) is 0 Å². The lowest BCUT2D eigenvalue weighted by atomic mass is 10.2. The highest BCUT2D eigenvalue weighted by Gasteiger charge is 2.02. The van der Waals surface area contributed by atoms with Gasteiger partial charge >= 0.3 is 5.97 Å². The third-order valence-electron chi connectivity index (χ3n) is 4.20. The molecule has 0 radical (unpaired) electrons. The van der Waals surface area contributed by atoms with Crippen LogP contribution in [0.15, 0.2) is 72.8 Å². The van der Waals surface area contributed by atoms with Crippen LogP contribution in [0, 0.1) is 0 Å². The maximum atomic E-state index is 10.5. The fourth-order valence-electron chi connectivity index (χ4n) is 2.43. The van der Waals surface area contributed by atoms with Gasteiger partial charge in [0.1, 0.15) is 36.3 Å². The normalized spacial score (nSPS) is 8.84. The predicted octanol–water partition coefficient (Wildman–Crippen LogP) is 4.08. The van der Waals surface area contributed by atoms with Crippen LogP contribution in [0.5, 0.6) is 11.5 Å². The maximum absolute atomic E-state index is 10.5. The molecular formula is C28H31NO8. The number of carboxylic acid groups (broad SMARTS) is 1. The molecule has 37 heavy (non-hydrogen) atoms. The van der Waals surface area contributed by atoms with Gasteiger partial charge in [0.05, 0.1) is 19.8 Å². The number of aldehydes is 3. The maximum Gasteiger partial charge on any atom is 0.310 e. The van der Waals surface area contributed by atoms with Gasteiger partial charge in [0.15, 0.2) is 6.29 Å². The van der Waals surface area contributed by atoms with Crippen LogP contribution in [0.2, 0.25) is 0 Å². The van der Waals surface area contributed by atoms with Gasteiger partial charge in [-0.3, -0.25) is 19.2 Å². The third-order valence-corrected chi connectivity index (χ3v) is 4.20. The highest BCUT2D eigenvalue weighted by Crippen LogP contribution is 2.21. The highest BCUT2D eigenvalue weighted by molar-refractivity contribution is 5.93. The molecule has 3 N–H and O–H groups in total. The van der Waals surface area contributed by atoms with Crippen molar-refractivity contribution in [2.75, 3.05) is 20.0 Å². The van der Waals surface area contributed by atoms with Crippen LogP contribution in [-0.2, 0) is 20.8 Å². The van der Waals surface area contributed by atoms with Gasteiger partial charge in [-0.15, -0.1) is 0 Å². The Hall–Kier alpha value is -4.79. The van der Waals surface area contributed by atoms with E-state index in [0.29, 0.717) is 34.7 Å². The topological polar surface area (TPSA) is 150 Å². The summed E-state index contributed by atoms with van der Waals surface area (Å²) in [5.74, 6) is -0.163. The Morgan fingerprint density at radius 2 is 1.49 bits per heavy atom. The summed E-state index contributed by atoms with van der Waals surface area (Å²) in [7, 11) is 3.07. The van der Waals surface area contributed by atoms with E-state index < -0.39 is 5.97 Å². The molecule has 0 saturated carbocycles. The minimum atomic E-state index is -1.06. The summed E-state index contributed by atoms with van der Waals surface area (Å²) >= 11 is 0. The first kappa shape index (κ1) is 32.2. The molecule has 0 aromatic heterocycles. The second-order valence-corrected chi connectivity index (χ2v) is 7.14. The van der Waals surface area contributed by atoms with Crippen LogP contribution in [0.1, 0.15) is 39.6 Å². The van der Waals surface area contributed by atoms with Crippen molar-refractivity contribution in [2.24, 2.45) is 0 Å². The van der Waals surface area contributed by atoms with Gasteiger partial charge in [0.25, 0.3) is 0 Å². The molecule has 3 aromatic rings. The zero-order valence-corrected chi connectivity index (χ0v) is 21.0. The molecule has 0 atom stereocenters. The Balaban J connectivity index is 0.000000476. The number of aliphatic carboxylic acids is 1. The minimum Gasteiger partial charge on any atom is -0.497 e. The first-order chi connectivity index (χ1) is 17.7. The Morgan fingerprint density at radius 3 is 1.89 bits per heavy atom. The SMILES string of the molecule is CC(=O)CC(=O)O.COc1ccc(OC)c(C=O)c1.Nc1ccc(C=O)cc1.O=CCc1ccccc1. The summed E-state index contributed by atoms with van der Waals surface area (Å²) in [6.07, 6.45) is 2.61. The summed E-state index contributed by atoms with van der Waals surface area (Å²) in [5, 5.41) is 7.86. The lowest BCUT2D eigenvalue weighted by Gasteiger charge is -2.04. The number of anilines is 1. The fraction of sp³-hybridized carbons (Fsp3) is 0.179. The number of hydrogen-bond donors (Lipinski definition) is 2. The largest absolute Gasteiger partial charge is 0.497 e. The van der Waals surface area contributed by atoms with E-state index in [-0.39, 0.29) is 12.2 Å². The molecule has 0 bridgehead atoms. The van der Waals surface area contributed by atoms with Crippen molar-refractivity contribution < 1.29 is 38.6 Å². The number of carboxylic acids is 1. The van der Waals surface area contributed by atoms with E-state index in [2.05, 4.69) is 0 Å². The molecule has 9 nitrogen and oxygen atoms in total. The Labute approximate surface area is 215 Å². The van der Waals surface area contributed by atoms with Crippen LogP contribution in [0.4, 0.5) is 5.69 Å². The second-order valence-electron chi connectivity index (χ2n) is 7.14. The molecule has 0 heterocycles. The first-order valence-corrected chi connectivity index (χ1v) is 10.9. The summed E-state index contributed by atoms with van der Waals surface area (Å²) in [6.45, 7) is 1.24. The number of ether oxygens (including phenoxy) is 2. The summed E-state index contributed by atoms with van der Waals surface area (Å²) in [5.41, 5.74) is 8.28. The number of benzene rings is 3. The Kier molecular flexibility index (Phi) is 17.0. The lowest BCUT2D eigenvalue weighted by molar-refractivity contribution is -0.139. The van der Waals surface area contributed by atoms with Gasteiger partial charge in [-0.25, -0.2) is 0 Å². The van der Waals surface area contributed by atoms with Crippen molar-refractivity contribution in [1.82, 2.24) is 0 Å². The van der Waals surface area contributed by atoms with Crippen LogP contribution < -0.4 is 15.2 Å². The molecule has 0 aliphatic carbocycles. The van der Waals surface area contributed by atoms with E-state index in [1.807, 2.05) is 30.3 Å². The molecule has 0 amide bonds. The van der Waals surface area contributed by atoms with Crippen molar-refractivity contribution in [3.63, 3.8) is 0 Å². The number of carbonyl (C=O) groups excluding carboxylic acids is 4. The number of ketones is 1. The number of nitrogens with two attached hydrogens (primary N) is 1. The number of nitrogen functional groups attached to an aromatic ring is 1. The van der Waals surface area contributed by atoms with Crippen LogP contribution in [0.3, 0.4) is 0 Å². The van der Waals surface area contributed by atoms with E-state index in [1.54, 1.807) is 49.6 Å². The number of rotatable bonds is 8. The van der Waals surface area contributed by atoms with E-state index in [4.69, 9.17) is 20.3 Å². The lowest BCUT2D eigenvalue weighted by Crippen LogP contribution is -2.00. The van der Waals surface area contributed by atoms with Crippen molar-refractivity contribution in [3.8, 4) is 11.5 Å². The molecule has 0 saturated heterocycles. The molecule has 0 unspecified atom stereocenters. The standard InChI is InChI=1S/C9H10O3.C8H8O.C7H7NO.C4H6O3/c1-11-8-3-4-9(12-2)7(5-8)6-10;9-7-6-8-4-2-1-3-5-8;8-7-3-1-6(5-9)2-4-7;1-3(5)2-4(6)7/h3-6H,1-2H3;1-5,7H,6H2;1-5H,8H2;2H2,1H3,(H,6,7). The zero-order valence-electron chi connectivity index (χ0n) is 21.0. The molecule has 3 aromatic carbocycles. The first-order valence-electron chi connectivity index (χ1n) is 10.9. The Bertz CT molecular complexity index is 1100. The van der Waals surface area contributed by atoms with Crippen LogP contribution in [0.25, 0.3) is 0 Å². The van der Waals surface area contributed by atoms with Gasteiger partial charge < -0.3 is 25.1 Å². The van der Waals surface area contributed by atoms with Crippen molar-refractivity contribution in [3.05, 3.63) is 89.5 Å². The smallest absolute Gasteiger partial charge is 0.310 e. The van der Waals surface area contributed by atoms with E-state index in [0.717, 1.165) is 24.4 Å². The summed E-state index contributed by atoms with van der Waals surface area (Å²) < 4.78 is 9.89. The van der Waals surface area contributed by atoms with Gasteiger partial charge in [0, 0.05) is 17.7 Å². The molecule has 0 spiro atoms. The quantitative estimate of drug-likeness (QED) is 0.260. The average Bonchev–Trinajstić information content (AvgIpc) is 2.90. The van der Waals surface area contributed by atoms with E-state index >= 15 is 0 Å². The van der Waals surface area contributed by atoms with Crippen molar-refractivity contribution in [2.45, 2.75) is 19.8 Å². The van der Waals surface area contributed by atoms with Crippen LogP contribution in [-0.4, -0.2) is 49.9 Å². The number of carbonyl (C=O) groups is 5. The Morgan fingerprint density at radius 1 is 0.865 bits per heavy atom. The van der Waals surface area contributed by atoms with E-state index in [9.17, 15) is 24.0 Å². The zero-order chi connectivity index (χ0) is 28.1. The molecular weight excluding hydrogens is 478 g/mol. The fourth-order valence-corrected chi connectivity index (χ4v) is 2.43. The van der Waals surface area contributed by atoms with Gasteiger partial charge in [-0.1, -0.05) is 30.3 Å². The molecule has 9 heteroatoms. The minimum absolute atomic E-state index is 0.312. The summed E-state index contributed by atoms with van der Waals surface area (Å²) in [4.78, 5) is 50.0. The summed E-state index contributed by atoms with van der Waals surface area (Å²) in [6, 6.07) is 21.5. The van der Waals surface area contributed by atoms with E-state index in [1.165, 1.54) is 14.0 Å². The average molecular weight is 510 g/mol.